The fourth-order valence-electron chi connectivity index (χ4n) is 0.691. The third-order valence-corrected chi connectivity index (χ3v) is 1.36. The molecule has 0 saturated heterocycles. The van der Waals surface area contributed by atoms with E-state index in [0.717, 1.165) is 18.8 Å². The van der Waals surface area contributed by atoms with Crippen molar-refractivity contribution >= 4 is 18.2 Å². The van der Waals surface area contributed by atoms with Crippen molar-refractivity contribution in [3.05, 3.63) is 0 Å². The Labute approximate surface area is 55.6 Å². The van der Waals surface area contributed by atoms with E-state index in [9.17, 15) is 0 Å². The van der Waals surface area contributed by atoms with Crippen LogP contribution in [0.3, 0.4) is 0 Å². The molecule has 1 aliphatic rings. The van der Waals surface area contributed by atoms with E-state index in [1.165, 1.54) is 0 Å². The van der Waals surface area contributed by atoms with Crippen LogP contribution in [0.1, 0.15) is 13.3 Å². The Bertz CT molecular complexity index is 101. The largest absolute Gasteiger partial charge is 0.387 e. The molecule has 0 saturated carbocycles. The predicted octanol–water partition coefficient (Wildman–Crippen LogP) is 0.805. The van der Waals surface area contributed by atoms with Gasteiger partial charge in [0.2, 0.25) is 0 Å². The van der Waals surface area contributed by atoms with E-state index < -0.39 is 0 Å². The molecule has 1 unspecified atom stereocenters. The molecule has 8 heavy (non-hydrogen) atoms. The number of hydrogen-bond acceptors (Lipinski definition) is 2. The van der Waals surface area contributed by atoms with Crippen LogP contribution in [0.4, 0.5) is 0 Å². The van der Waals surface area contributed by atoms with Crippen LogP contribution in [0.25, 0.3) is 0 Å². The second-order valence-electron chi connectivity index (χ2n) is 2.00. The van der Waals surface area contributed by atoms with Gasteiger partial charge in [0.1, 0.15) is 0 Å². The Morgan fingerprint density at radius 3 is 2.50 bits per heavy atom. The highest BCUT2D eigenvalue weighted by molar-refractivity contribution is 5.85. The molecule has 2 nitrogen and oxygen atoms in total. The highest BCUT2D eigenvalue weighted by Crippen LogP contribution is 2.07. The first-order valence-electron chi connectivity index (χ1n) is 2.60. The van der Waals surface area contributed by atoms with Gasteiger partial charge in [0, 0.05) is 12.5 Å². The van der Waals surface area contributed by atoms with Crippen molar-refractivity contribution in [3.8, 4) is 0 Å². The molecule has 0 aromatic carbocycles. The number of aliphatic imine (C=N–C) groups is 1. The molecule has 1 atom stereocenters. The minimum atomic E-state index is 0. The summed E-state index contributed by atoms with van der Waals surface area (Å²) in [4.78, 5) is 4.01. The summed E-state index contributed by atoms with van der Waals surface area (Å²) in [5, 5.41) is 0. The standard InChI is InChI=1S/C5H10N2.ClH/c1-4-2-3-7-5(4)6;/h4H,2-3H2,1H3,(H2,6,7);1H. The fraction of sp³-hybridized carbons (Fsp3) is 0.800. The van der Waals surface area contributed by atoms with Gasteiger partial charge in [-0.3, -0.25) is 4.99 Å². The zero-order valence-electron chi connectivity index (χ0n) is 4.92. The molecule has 0 fully saturated rings. The third-order valence-electron chi connectivity index (χ3n) is 1.36. The van der Waals surface area contributed by atoms with Crippen molar-refractivity contribution < 1.29 is 0 Å². The lowest BCUT2D eigenvalue weighted by molar-refractivity contribution is 0.746. The smallest absolute Gasteiger partial charge is 0.0966 e. The zero-order chi connectivity index (χ0) is 5.28. The first kappa shape index (κ1) is 7.76. The van der Waals surface area contributed by atoms with Gasteiger partial charge in [-0.15, -0.1) is 12.4 Å². The molecule has 3 heteroatoms. The van der Waals surface area contributed by atoms with Crippen LogP contribution >= 0.6 is 12.4 Å². The van der Waals surface area contributed by atoms with Crippen molar-refractivity contribution in [2.45, 2.75) is 13.3 Å². The van der Waals surface area contributed by atoms with Crippen molar-refractivity contribution in [2.75, 3.05) is 6.54 Å². The summed E-state index contributed by atoms with van der Waals surface area (Å²) >= 11 is 0. The topological polar surface area (TPSA) is 38.4 Å². The number of hydrogen-bond donors (Lipinski definition) is 1. The monoisotopic (exact) mass is 134 g/mol. The second kappa shape index (κ2) is 2.92. The maximum absolute atomic E-state index is 5.43. The van der Waals surface area contributed by atoms with Gasteiger partial charge in [-0.1, -0.05) is 6.92 Å². The van der Waals surface area contributed by atoms with E-state index >= 15 is 0 Å². The highest BCUT2D eigenvalue weighted by atomic mass is 35.5. The van der Waals surface area contributed by atoms with E-state index in [2.05, 4.69) is 11.9 Å². The van der Waals surface area contributed by atoms with Gasteiger partial charge < -0.3 is 5.73 Å². The van der Waals surface area contributed by atoms with Gasteiger partial charge in [-0.2, -0.15) is 0 Å². The van der Waals surface area contributed by atoms with Crippen molar-refractivity contribution in [3.63, 3.8) is 0 Å². The van der Waals surface area contributed by atoms with Crippen LogP contribution < -0.4 is 5.73 Å². The number of amidine groups is 1. The summed E-state index contributed by atoms with van der Waals surface area (Å²) in [6.45, 7) is 3.04. The van der Waals surface area contributed by atoms with Gasteiger partial charge in [-0.25, -0.2) is 0 Å². The van der Waals surface area contributed by atoms with E-state index in [0.29, 0.717) is 5.92 Å². The number of halogens is 1. The summed E-state index contributed by atoms with van der Waals surface area (Å²) in [7, 11) is 0. The molecule has 1 heterocycles. The average molecular weight is 135 g/mol. The van der Waals surface area contributed by atoms with E-state index in [-0.39, 0.29) is 12.4 Å². The summed E-state index contributed by atoms with van der Waals surface area (Å²) in [6, 6.07) is 0. The fourth-order valence-corrected chi connectivity index (χ4v) is 0.691. The Morgan fingerprint density at radius 2 is 2.38 bits per heavy atom. The van der Waals surface area contributed by atoms with Gasteiger partial charge in [0.15, 0.2) is 0 Å². The van der Waals surface area contributed by atoms with Gasteiger partial charge >= 0.3 is 0 Å². The van der Waals surface area contributed by atoms with E-state index in [4.69, 9.17) is 5.73 Å². The molecule has 0 bridgehead atoms. The number of nitrogens with zero attached hydrogens (tertiary/aromatic N) is 1. The molecule has 0 spiro atoms. The Hall–Kier alpha value is -0.240. The van der Waals surface area contributed by atoms with Crippen LogP contribution in [0.2, 0.25) is 0 Å². The highest BCUT2D eigenvalue weighted by Gasteiger charge is 2.10. The van der Waals surface area contributed by atoms with Crippen molar-refractivity contribution in [2.24, 2.45) is 16.6 Å². The van der Waals surface area contributed by atoms with Crippen molar-refractivity contribution in [1.29, 1.82) is 0 Å². The average Bonchev–Trinajstić information content (AvgIpc) is 1.91. The molecule has 48 valence electrons. The quantitative estimate of drug-likeness (QED) is 0.523. The number of rotatable bonds is 0. The minimum Gasteiger partial charge on any atom is -0.387 e. The van der Waals surface area contributed by atoms with Crippen LogP contribution in [0.5, 0.6) is 0 Å². The number of nitrogens with two attached hydrogens (primary N) is 1. The first-order chi connectivity index (χ1) is 3.30. The lowest BCUT2D eigenvalue weighted by Gasteiger charge is -1.95. The second-order valence-corrected chi connectivity index (χ2v) is 2.00. The third kappa shape index (κ3) is 1.37. The zero-order valence-corrected chi connectivity index (χ0v) is 5.74. The Balaban J connectivity index is 0.000000490. The molecule has 1 aliphatic heterocycles. The minimum absolute atomic E-state index is 0. The lowest BCUT2D eigenvalue weighted by atomic mass is 10.1. The Kier molecular flexibility index (Phi) is 2.84. The molecule has 0 amide bonds. The molecular weight excluding hydrogens is 124 g/mol. The van der Waals surface area contributed by atoms with Crippen LogP contribution in [0, 0.1) is 5.92 Å². The van der Waals surface area contributed by atoms with Gasteiger partial charge in [-0.05, 0) is 6.42 Å². The molecule has 0 aromatic heterocycles. The van der Waals surface area contributed by atoms with Crippen LogP contribution in [0.15, 0.2) is 4.99 Å². The van der Waals surface area contributed by atoms with Gasteiger partial charge in [0.25, 0.3) is 0 Å². The molecular formula is C5H11ClN2. The molecule has 0 radical (unpaired) electrons. The van der Waals surface area contributed by atoms with Crippen molar-refractivity contribution in [1.82, 2.24) is 0 Å². The van der Waals surface area contributed by atoms with Crippen LogP contribution in [-0.2, 0) is 0 Å². The SMILES string of the molecule is CC1CCN=C1N.Cl. The summed E-state index contributed by atoms with van der Waals surface area (Å²) in [5.74, 6) is 1.38. The maximum Gasteiger partial charge on any atom is 0.0966 e. The molecule has 0 aliphatic carbocycles. The lowest BCUT2D eigenvalue weighted by Crippen LogP contribution is -2.15. The molecule has 0 aromatic rings. The molecule has 2 N–H and O–H groups in total. The van der Waals surface area contributed by atoms with Gasteiger partial charge in [0.05, 0.1) is 5.84 Å². The summed E-state index contributed by atoms with van der Waals surface area (Å²) in [5.41, 5.74) is 5.43. The maximum atomic E-state index is 5.43. The van der Waals surface area contributed by atoms with Crippen LogP contribution in [-0.4, -0.2) is 12.4 Å². The van der Waals surface area contributed by atoms with E-state index in [1.807, 2.05) is 0 Å². The summed E-state index contributed by atoms with van der Waals surface area (Å²) < 4.78 is 0. The normalized spacial score (nSPS) is 26.6. The molecule has 1 rings (SSSR count). The summed E-state index contributed by atoms with van der Waals surface area (Å²) in [6.07, 6.45) is 1.14. The van der Waals surface area contributed by atoms with E-state index in [1.54, 1.807) is 0 Å². The predicted molar refractivity (Wildman–Crippen MR) is 37.5 cm³/mol. The first-order valence-corrected chi connectivity index (χ1v) is 2.60. The Morgan fingerprint density at radius 1 is 1.75 bits per heavy atom.